The summed E-state index contributed by atoms with van der Waals surface area (Å²) in [5.74, 6) is -0.0989. The zero-order valence-corrected chi connectivity index (χ0v) is 21.6. The SMILES string of the molecule is CC(=O)COc1ccc(N(C)C(=O)[C@H](Cc2ccccc2)NC(=O)NS(=O)(=O)c2ccccc2C)cc1. The third-order valence-corrected chi connectivity index (χ3v) is 6.98. The zero-order valence-electron chi connectivity index (χ0n) is 20.8. The minimum atomic E-state index is -4.15. The molecule has 3 aromatic carbocycles. The highest BCUT2D eigenvalue weighted by Gasteiger charge is 2.27. The average molecular weight is 524 g/mol. The minimum absolute atomic E-state index is 0.0275. The maximum Gasteiger partial charge on any atom is 0.329 e. The summed E-state index contributed by atoms with van der Waals surface area (Å²) in [4.78, 5) is 38.6. The van der Waals surface area contributed by atoms with Gasteiger partial charge in [0.25, 0.3) is 10.0 Å². The Hall–Kier alpha value is -4.18. The summed E-state index contributed by atoms with van der Waals surface area (Å²) in [6.07, 6.45) is 0.141. The van der Waals surface area contributed by atoms with Gasteiger partial charge in [-0.25, -0.2) is 17.9 Å². The Morgan fingerprint density at radius 1 is 0.919 bits per heavy atom. The fraction of sp³-hybridized carbons (Fsp3) is 0.222. The number of urea groups is 1. The van der Waals surface area contributed by atoms with Crippen LogP contribution in [0.1, 0.15) is 18.1 Å². The molecule has 2 N–H and O–H groups in total. The molecule has 3 amide bonds. The summed E-state index contributed by atoms with van der Waals surface area (Å²) < 4.78 is 32.9. The molecule has 0 aliphatic carbocycles. The number of ether oxygens (including phenoxy) is 1. The second-order valence-corrected chi connectivity index (χ2v) is 10.1. The van der Waals surface area contributed by atoms with Crippen molar-refractivity contribution in [3.8, 4) is 5.75 Å². The van der Waals surface area contributed by atoms with Crippen molar-refractivity contribution in [3.63, 3.8) is 0 Å². The Kier molecular flexibility index (Phi) is 9.02. The molecule has 0 radical (unpaired) electrons. The lowest BCUT2D eigenvalue weighted by atomic mass is 10.0. The molecule has 1 atom stereocenters. The molecule has 3 rings (SSSR count). The van der Waals surface area contributed by atoms with E-state index in [9.17, 15) is 22.8 Å². The van der Waals surface area contributed by atoms with Crippen LogP contribution in [-0.2, 0) is 26.0 Å². The van der Waals surface area contributed by atoms with Crippen LogP contribution in [0.25, 0.3) is 0 Å². The lowest BCUT2D eigenvalue weighted by molar-refractivity contribution is -0.120. The quantitative estimate of drug-likeness (QED) is 0.421. The molecule has 37 heavy (non-hydrogen) atoms. The number of anilines is 1. The third-order valence-electron chi connectivity index (χ3n) is 5.49. The standard InChI is InChI=1S/C27H29N3O6S/c1-19-9-7-8-12-25(19)37(34,35)29-27(33)28-24(17-21-10-5-4-6-11-21)26(32)30(3)22-13-15-23(16-14-22)36-18-20(2)31/h4-16,24H,17-18H2,1-3H3,(H2,28,29,33)/t24-/m0/s1. The predicted molar refractivity (Wildman–Crippen MR) is 140 cm³/mol. The van der Waals surface area contributed by atoms with Crippen molar-refractivity contribution in [1.29, 1.82) is 0 Å². The van der Waals surface area contributed by atoms with Gasteiger partial charge in [-0.1, -0.05) is 48.5 Å². The number of nitrogens with zero attached hydrogens (tertiary/aromatic N) is 1. The molecule has 0 aliphatic heterocycles. The van der Waals surface area contributed by atoms with E-state index in [1.54, 1.807) is 56.4 Å². The van der Waals surface area contributed by atoms with Crippen LogP contribution in [0, 0.1) is 6.92 Å². The highest BCUT2D eigenvalue weighted by atomic mass is 32.2. The summed E-state index contributed by atoms with van der Waals surface area (Å²) in [6, 6.07) is 19.8. The van der Waals surface area contributed by atoms with E-state index in [1.165, 1.54) is 17.9 Å². The summed E-state index contributed by atoms with van der Waals surface area (Å²) in [5, 5.41) is 2.52. The number of likely N-dealkylation sites (N-methyl/N-ethyl adjacent to an activating group) is 1. The van der Waals surface area contributed by atoms with Gasteiger partial charge in [0.1, 0.15) is 18.4 Å². The first-order chi connectivity index (χ1) is 17.6. The van der Waals surface area contributed by atoms with E-state index in [4.69, 9.17) is 4.74 Å². The number of Topliss-reactive ketones (excluding diaryl/α,β-unsaturated/α-hetero) is 1. The number of nitrogens with one attached hydrogen (secondary N) is 2. The molecule has 0 fully saturated rings. The fourth-order valence-corrected chi connectivity index (χ4v) is 4.75. The second-order valence-electron chi connectivity index (χ2n) is 8.47. The number of amides is 3. The molecule has 0 heterocycles. The van der Waals surface area contributed by atoms with Gasteiger partial charge in [-0.3, -0.25) is 9.59 Å². The third kappa shape index (κ3) is 7.65. The average Bonchev–Trinajstić information content (AvgIpc) is 2.87. The molecule has 0 bridgehead atoms. The van der Waals surface area contributed by atoms with Gasteiger partial charge in [0, 0.05) is 19.2 Å². The smallest absolute Gasteiger partial charge is 0.329 e. The largest absolute Gasteiger partial charge is 0.486 e. The first-order valence-corrected chi connectivity index (χ1v) is 13.0. The second kappa shape index (κ2) is 12.2. The number of hydrogen-bond acceptors (Lipinski definition) is 6. The van der Waals surface area contributed by atoms with Crippen molar-refractivity contribution in [2.45, 2.75) is 31.2 Å². The van der Waals surface area contributed by atoms with Gasteiger partial charge in [-0.05, 0) is 55.3 Å². The summed E-state index contributed by atoms with van der Waals surface area (Å²) >= 11 is 0. The molecule has 9 nitrogen and oxygen atoms in total. The van der Waals surface area contributed by atoms with E-state index in [0.29, 0.717) is 17.0 Å². The topological polar surface area (TPSA) is 122 Å². The zero-order chi connectivity index (χ0) is 27.0. The summed E-state index contributed by atoms with van der Waals surface area (Å²) in [5.41, 5.74) is 1.78. The number of carbonyl (C=O) groups is 3. The van der Waals surface area contributed by atoms with Gasteiger partial charge in [-0.15, -0.1) is 0 Å². The Labute approximate surface area is 216 Å². The lowest BCUT2D eigenvalue weighted by Gasteiger charge is -2.25. The highest BCUT2D eigenvalue weighted by Crippen LogP contribution is 2.20. The van der Waals surface area contributed by atoms with Crippen molar-refractivity contribution in [2.24, 2.45) is 0 Å². The normalized spacial score (nSPS) is 11.8. The van der Waals surface area contributed by atoms with Crippen LogP contribution in [0.4, 0.5) is 10.5 Å². The number of sulfonamides is 1. The maximum atomic E-state index is 13.4. The van der Waals surface area contributed by atoms with Crippen LogP contribution >= 0.6 is 0 Å². The molecular formula is C27H29N3O6S. The monoisotopic (exact) mass is 523 g/mol. The number of benzene rings is 3. The van der Waals surface area contributed by atoms with Crippen molar-refractivity contribution in [3.05, 3.63) is 90.0 Å². The van der Waals surface area contributed by atoms with Crippen LogP contribution < -0.4 is 19.7 Å². The van der Waals surface area contributed by atoms with Crippen molar-refractivity contribution >= 4 is 33.4 Å². The Morgan fingerprint density at radius 3 is 2.16 bits per heavy atom. The van der Waals surface area contributed by atoms with Crippen molar-refractivity contribution < 1.29 is 27.5 Å². The minimum Gasteiger partial charge on any atom is -0.486 e. The van der Waals surface area contributed by atoms with Gasteiger partial charge in [0.2, 0.25) is 5.91 Å². The summed E-state index contributed by atoms with van der Waals surface area (Å²) in [6.45, 7) is 2.99. The van der Waals surface area contributed by atoms with Crippen molar-refractivity contribution in [2.75, 3.05) is 18.6 Å². The van der Waals surface area contributed by atoms with Crippen LogP contribution in [0.5, 0.6) is 5.75 Å². The number of aryl methyl sites for hydroxylation is 1. The van der Waals surface area contributed by atoms with Crippen LogP contribution in [-0.4, -0.2) is 45.8 Å². The molecule has 0 unspecified atom stereocenters. The first-order valence-electron chi connectivity index (χ1n) is 11.5. The number of ketones is 1. The molecule has 10 heteroatoms. The first kappa shape index (κ1) is 27.4. The molecule has 0 aromatic heterocycles. The Balaban J connectivity index is 1.78. The molecule has 0 spiro atoms. The molecule has 194 valence electrons. The lowest BCUT2D eigenvalue weighted by Crippen LogP contribution is -2.52. The maximum absolute atomic E-state index is 13.4. The Bertz CT molecular complexity index is 1360. The van der Waals surface area contributed by atoms with E-state index in [1.807, 2.05) is 35.1 Å². The van der Waals surface area contributed by atoms with E-state index in [2.05, 4.69) is 5.32 Å². The van der Waals surface area contributed by atoms with E-state index in [0.717, 1.165) is 5.56 Å². The number of rotatable bonds is 10. The molecule has 3 aromatic rings. The number of carbonyl (C=O) groups excluding carboxylic acids is 3. The van der Waals surface area contributed by atoms with E-state index >= 15 is 0 Å². The van der Waals surface area contributed by atoms with Crippen LogP contribution in [0.3, 0.4) is 0 Å². The highest BCUT2D eigenvalue weighted by molar-refractivity contribution is 7.90. The van der Waals surface area contributed by atoms with E-state index in [-0.39, 0.29) is 23.7 Å². The van der Waals surface area contributed by atoms with Gasteiger partial charge < -0.3 is 15.0 Å². The molecule has 0 aliphatic rings. The summed E-state index contributed by atoms with van der Waals surface area (Å²) in [7, 11) is -2.60. The predicted octanol–water partition coefficient (Wildman–Crippen LogP) is 3.23. The fourth-order valence-electron chi connectivity index (χ4n) is 3.58. The van der Waals surface area contributed by atoms with Gasteiger partial charge in [-0.2, -0.15) is 0 Å². The molecule has 0 saturated heterocycles. The van der Waals surface area contributed by atoms with Gasteiger partial charge >= 0.3 is 6.03 Å². The molecular weight excluding hydrogens is 494 g/mol. The van der Waals surface area contributed by atoms with Crippen molar-refractivity contribution in [1.82, 2.24) is 10.0 Å². The Morgan fingerprint density at radius 2 is 1.54 bits per heavy atom. The number of hydrogen-bond donors (Lipinski definition) is 2. The molecule has 0 saturated carbocycles. The van der Waals surface area contributed by atoms with Crippen LogP contribution in [0.2, 0.25) is 0 Å². The van der Waals surface area contributed by atoms with Gasteiger partial charge in [0.15, 0.2) is 5.78 Å². The van der Waals surface area contributed by atoms with Crippen LogP contribution in [0.15, 0.2) is 83.8 Å². The van der Waals surface area contributed by atoms with Gasteiger partial charge in [0.05, 0.1) is 4.90 Å². The van der Waals surface area contributed by atoms with E-state index < -0.39 is 28.0 Å².